The van der Waals surface area contributed by atoms with Crippen LogP contribution in [-0.2, 0) is 14.6 Å². The van der Waals surface area contributed by atoms with E-state index >= 15 is 0 Å². The van der Waals surface area contributed by atoms with Crippen LogP contribution in [-0.4, -0.2) is 11.6 Å². The van der Waals surface area contributed by atoms with E-state index in [1.807, 2.05) is 0 Å². The summed E-state index contributed by atoms with van der Waals surface area (Å²) < 4.78 is 0. The Balaban J connectivity index is 1.76. The molecule has 15 heavy (non-hydrogen) atoms. The standard InChI is InChI=1S/C12H16O3/c13-11-12(15-14-11)6-9-2-7-1-8(3-9)5-10(12)4-7/h7-10H,1-6H2. The van der Waals surface area contributed by atoms with Crippen LogP contribution in [0.1, 0.15) is 38.5 Å². The van der Waals surface area contributed by atoms with Crippen LogP contribution in [0.4, 0.5) is 0 Å². The van der Waals surface area contributed by atoms with E-state index in [2.05, 4.69) is 4.89 Å². The molecular weight excluding hydrogens is 192 g/mol. The number of hydrogen-bond donors (Lipinski definition) is 0. The van der Waals surface area contributed by atoms with Gasteiger partial charge in [0.05, 0.1) is 0 Å². The zero-order valence-electron chi connectivity index (χ0n) is 8.78. The van der Waals surface area contributed by atoms with Gasteiger partial charge in [-0.25, -0.2) is 4.79 Å². The predicted molar refractivity (Wildman–Crippen MR) is 51.6 cm³/mol. The summed E-state index contributed by atoms with van der Waals surface area (Å²) >= 11 is 0. The lowest BCUT2D eigenvalue weighted by Gasteiger charge is -2.43. The minimum absolute atomic E-state index is 0.0827. The highest BCUT2D eigenvalue weighted by Gasteiger charge is 2.63. The first-order chi connectivity index (χ1) is 7.26. The fourth-order valence-electron chi connectivity index (χ4n) is 4.67. The topological polar surface area (TPSA) is 35.5 Å². The Labute approximate surface area is 89.0 Å². The van der Waals surface area contributed by atoms with E-state index in [4.69, 9.17) is 4.89 Å². The minimum Gasteiger partial charge on any atom is -0.294 e. The molecule has 1 heterocycles. The quantitative estimate of drug-likeness (QED) is 0.572. The molecule has 1 saturated heterocycles. The highest BCUT2D eigenvalue weighted by Crippen LogP contribution is 2.57. The molecule has 5 aliphatic rings. The summed E-state index contributed by atoms with van der Waals surface area (Å²) in [5.74, 6) is 2.82. The van der Waals surface area contributed by atoms with Gasteiger partial charge in [-0.15, -0.1) is 0 Å². The number of carbonyl (C=O) groups excluding carboxylic acids is 1. The van der Waals surface area contributed by atoms with E-state index in [0.29, 0.717) is 11.8 Å². The molecule has 5 fully saturated rings. The molecule has 3 heteroatoms. The molecule has 4 aliphatic carbocycles. The lowest BCUT2D eigenvalue weighted by Crippen LogP contribution is -2.58. The summed E-state index contributed by atoms with van der Waals surface area (Å²) in [6.45, 7) is 0. The van der Waals surface area contributed by atoms with Crippen LogP contribution in [0.2, 0.25) is 0 Å². The molecule has 82 valence electrons. The van der Waals surface area contributed by atoms with Gasteiger partial charge in [0.1, 0.15) is 0 Å². The Morgan fingerprint density at radius 1 is 1.00 bits per heavy atom. The molecule has 5 rings (SSSR count). The summed E-state index contributed by atoms with van der Waals surface area (Å²) in [6, 6.07) is 0. The summed E-state index contributed by atoms with van der Waals surface area (Å²) in [5.41, 5.74) is -0.505. The number of rotatable bonds is 0. The van der Waals surface area contributed by atoms with Gasteiger partial charge < -0.3 is 0 Å². The highest BCUT2D eigenvalue weighted by molar-refractivity contribution is 5.83. The van der Waals surface area contributed by atoms with Crippen LogP contribution in [0.3, 0.4) is 0 Å². The molecule has 4 saturated carbocycles. The molecule has 0 aromatic carbocycles. The average Bonchev–Trinajstić information content (AvgIpc) is 2.39. The van der Waals surface area contributed by atoms with Crippen molar-refractivity contribution >= 4 is 5.97 Å². The molecule has 4 bridgehead atoms. The third-order valence-corrected chi connectivity index (χ3v) is 5.10. The maximum atomic E-state index is 11.7. The lowest BCUT2D eigenvalue weighted by molar-refractivity contribution is -0.416. The first kappa shape index (κ1) is 8.57. The summed E-state index contributed by atoms with van der Waals surface area (Å²) in [6.07, 6.45) is 7.38. The first-order valence-electron chi connectivity index (χ1n) is 6.16. The van der Waals surface area contributed by atoms with Gasteiger partial charge in [0, 0.05) is 5.92 Å². The van der Waals surface area contributed by atoms with Crippen LogP contribution in [0.25, 0.3) is 0 Å². The van der Waals surface area contributed by atoms with Crippen molar-refractivity contribution in [2.75, 3.05) is 0 Å². The van der Waals surface area contributed by atoms with Gasteiger partial charge in [0.15, 0.2) is 0 Å². The normalized spacial score (nSPS) is 56.4. The number of carbonyl (C=O) groups is 1. The van der Waals surface area contributed by atoms with E-state index in [0.717, 1.165) is 18.3 Å². The second-order valence-electron chi connectivity index (χ2n) is 6.02. The molecular formula is C12H16O3. The highest BCUT2D eigenvalue weighted by atomic mass is 17.3. The van der Waals surface area contributed by atoms with Crippen LogP contribution in [0.15, 0.2) is 0 Å². The van der Waals surface area contributed by atoms with Gasteiger partial charge in [-0.2, -0.15) is 4.89 Å². The van der Waals surface area contributed by atoms with Crippen molar-refractivity contribution in [1.29, 1.82) is 0 Å². The van der Waals surface area contributed by atoms with E-state index in [9.17, 15) is 4.79 Å². The third-order valence-electron chi connectivity index (χ3n) is 5.10. The first-order valence-corrected chi connectivity index (χ1v) is 6.16. The van der Waals surface area contributed by atoms with Crippen LogP contribution < -0.4 is 0 Å². The van der Waals surface area contributed by atoms with Crippen LogP contribution in [0.5, 0.6) is 0 Å². The summed E-state index contributed by atoms with van der Waals surface area (Å²) in [7, 11) is 0. The lowest BCUT2D eigenvalue weighted by atomic mass is 9.66. The van der Waals surface area contributed by atoms with Gasteiger partial charge in [-0.05, 0) is 56.3 Å². The smallest absolute Gasteiger partial charge is 0.294 e. The Kier molecular flexibility index (Phi) is 1.47. The van der Waals surface area contributed by atoms with Crippen LogP contribution >= 0.6 is 0 Å². The Bertz CT molecular complexity index is 313. The van der Waals surface area contributed by atoms with Crippen molar-refractivity contribution in [2.45, 2.75) is 44.1 Å². The fourth-order valence-corrected chi connectivity index (χ4v) is 4.67. The van der Waals surface area contributed by atoms with E-state index in [1.54, 1.807) is 0 Å². The zero-order valence-corrected chi connectivity index (χ0v) is 8.78. The molecule has 0 amide bonds. The molecule has 1 spiro atoms. The van der Waals surface area contributed by atoms with Gasteiger partial charge in [-0.3, -0.25) is 4.89 Å². The molecule has 3 atom stereocenters. The second kappa shape index (κ2) is 2.57. The molecule has 3 nitrogen and oxygen atoms in total. The van der Waals surface area contributed by atoms with Crippen molar-refractivity contribution in [1.82, 2.24) is 0 Å². The van der Waals surface area contributed by atoms with E-state index in [-0.39, 0.29) is 5.97 Å². The number of hydrogen-bond acceptors (Lipinski definition) is 3. The minimum atomic E-state index is -0.505. The van der Waals surface area contributed by atoms with Gasteiger partial charge in [0.25, 0.3) is 0 Å². The van der Waals surface area contributed by atoms with Crippen molar-refractivity contribution < 1.29 is 14.6 Å². The van der Waals surface area contributed by atoms with Gasteiger partial charge in [0.2, 0.25) is 5.60 Å². The summed E-state index contributed by atoms with van der Waals surface area (Å²) in [4.78, 5) is 21.6. The Morgan fingerprint density at radius 3 is 2.20 bits per heavy atom. The third kappa shape index (κ3) is 0.975. The van der Waals surface area contributed by atoms with Crippen LogP contribution in [0, 0.1) is 23.7 Å². The van der Waals surface area contributed by atoms with Crippen molar-refractivity contribution in [2.24, 2.45) is 23.7 Å². The zero-order chi connectivity index (χ0) is 10.0. The fraction of sp³-hybridized carbons (Fsp3) is 0.917. The van der Waals surface area contributed by atoms with E-state index < -0.39 is 5.60 Å². The maximum Gasteiger partial charge on any atom is 0.378 e. The van der Waals surface area contributed by atoms with E-state index in [1.165, 1.54) is 32.1 Å². The van der Waals surface area contributed by atoms with Crippen molar-refractivity contribution in [3.05, 3.63) is 0 Å². The van der Waals surface area contributed by atoms with Gasteiger partial charge in [-0.1, -0.05) is 0 Å². The van der Waals surface area contributed by atoms with Crippen molar-refractivity contribution in [3.8, 4) is 0 Å². The Hall–Kier alpha value is -0.570. The largest absolute Gasteiger partial charge is 0.378 e. The molecule has 0 aromatic rings. The molecule has 3 unspecified atom stereocenters. The molecule has 0 N–H and O–H groups in total. The average molecular weight is 208 g/mol. The molecule has 1 aliphatic heterocycles. The summed E-state index contributed by atoms with van der Waals surface area (Å²) in [5, 5.41) is 0. The Morgan fingerprint density at radius 2 is 1.67 bits per heavy atom. The maximum absolute atomic E-state index is 11.7. The SMILES string of the molecule is O=C1OOC12CC1CC3CC(C1)CC2C3. The molecule has 0 aromatic heterocycles. The predicted octanol–water partition coefficient (Wildman–Crippen LogP) is 2.06. The van der Waals surface area contributed by atoms with Crippen molar-refractivity contribution in [3.63, 3.8) is 0 Å². The van der Waals surface area contributed by atoms with Gasteiger partial charge >= 0.3 is 5.97 Å². The molecule has 0 radical (unpaired) electrons. The second-order valence-corrected chi connectivity index (χ2v) is 6.02. The monoisotopic (exact) mass is 208 g/mol.